The predicted octanol–water partition coefficient (Wildman–Crippen LogP) is 0.632. The molecule has 4 heteroatoms. The molecule has 0 radical (unpaired) electrons. The summed E-state index contributed by atoms with van der Waals surface area (Å²) in [5.41, 5.74) is 5.38. The van der Waals surface area contributed by atoms with Gasteiger partial charge >= 0.3 is 0 Å². The van der Waals surface area contributed by atoms with Gasteiger partial charge in [0.15, 0.2) is 5.78 Å². The van der Waals surface area contributed by atoms with Crippen LogP contribution in [0.25, 0.3) is 0 Å². The number of hydrogen-bond acceptors (Lipinski definition) is 4. The van der Waals surface area contributed by atoms with Gasteiger partial charge in [0.2, 0.25) is 0 Å². The average Bonchev–Trinajstić information content (AvgIpc) is 1.88. The molecule has 0 aromatic heterocycles. The molecule has 0 amide bonds. The Bertz CT molecular complexity index is 214. The summed E-state index contributed by atoms with van der Waals surface area (Å²) in [7, 11) is 0. The van der Waals surface area contributed by atoms with Crippen molar-refractivity contribution in [1.29, 1.82) is 5.26 Å². The smallest absolute Gasteiger partial charge is 0.172 e. The first kappa shape index (κ1) is 9.05. The van der Waals surface area contributed by atoms with Crippen LogP contribution in [0, 0.1) is 11.3 Å². The van der Waals surface area contributed by atoms with Crippen molar-refractivity contribution in [3.8, 4) is 6.07 Å². The van der Waals surface area contributed by atoms with Crippen LogP contribution in [0.1, 0.15) is 6.92 Å². The molecule has 0 fully saturated rings. The van der Waals surface area contributed by atoms with Crippen molar-refractivity contribution in [2.45, 2.75) is 6.92 Å². The highest BCUT2D eigenvalue weighted by atomic mass is 32.2. The standard InChI is InChI=1S/C6H8N2OS/c1-4(9)5(3-7)6(8)10-2/h8H2,1-2H3/b6-5+. The summed E-state index contributed by atoms with van der Waals surface area (Å²) in [6.07, 6.45) is 1.72. The minimum absolute atomic E-state index is 0.0486. The number of nitrogens with zero attached hydrogens (tertiary/aromatic N) is 1. The highest BCUT2D eigenvalue weighted by molar-refractivity contribution is 8.02. The lowest BCUT2D eigenvalue weighted by Gasteiger charge is -1.95. The number of nitriles is 1. The van der Waals surface area contributed by atoms with E-state index in [9.17, 15) is 4.79 Å². The Hall–Kier alpha value is -0.950. The topological polar surface area (TPSA) is 66.9 Å². The Morgan fingerprint density at radius 2 is 2.20 bits per heavy atom. The number of Topliss-reactive ketones (excluding diaryl/α,β-unsaturated/α-hetero) is 1. The van der Waals surface area contributed by atoms with Crippen molar-refractivity contribution in [3.63, 3.8) is 0 Å². The largest absolute Gasteiger partial charge is 0.392 e. The molecule has 0 spiro atoms. The van der Waals surface area contributed by atoms with E-state index in [1.54, 1.807) is 12.3 Å². The fourth-order valence-electron chi connectivity index (χ4n) is 0.409. The minimum Gasteiger partial charge on any atom is -0.392 e. The molecule has 0 aliphatic carbocycles. The normalized spacial score (nSPS) is 11.7. The maximum atomic E-state index is 10.6. The summed E-state index contributed by atoms with van der Waals surface area (Å²) in [5, 5.41) is 8.66. The number of allylic oxidation sites excluding steroid dienone is 1. The highest BCUT2D eigenvalue weighted by Crippen LogP contribution is 2.10. The lowest BCUT2D eigenvalue weighted by molar-refractivity contribution is -0.113. The van der Waals surface area contributed by atoms with Crippen molar-refractivity contribution in [2.75, 3.05) is 6.26 Å². The molecule has 10 heavy (non-hydrogen) atoms. The van der Waals surface area contributed by atoms with Crippen LogP contribution in [-0.2, 0) is 4.79 Å². The molecule has 0 aromatic rings. The quantitative estimate of drug-likeness (QED) is 0.470. The van der Waals surface area contributed by atoms with Crippen LogP contribution in [0.2, 0.25) is 0 Å². The highest BCUT2D eigenvalue weighted by Gasteiger charge is 2.06. The van der Waals surface area contributed by atoms with Gasteiger partial charge in [-0.3, -0.25) is 4.79 Å². The van der Waals surface area contributed by atoms with Crippen LogP contribution in [0.15, 0.2) is 10.6 Å². The summed E-state index contributed by atoms with van der Waals surface area (Å²) in [4.78, 5) is 10.6. The second kappa shape index (κ2) is 3.96. The predicted molar refractivity (Wildman–Crippen MR) is 41.0 cm³/mol. The van der Waals surface area contributed by atoms with Gasteiger partial charge in [-0.05, 0) is 13.2 Å². The van der Waals surface area contributed by atoms with E-state index < -0.39 is 0 Å². The Morgan fingerprint density at radius 1 is 1.70 bits per heavy atom. The van der Waals surface area contributed by atoms with Crippen molar-refractivity contribution in [2.24, 2.45) is 5.73 Å². The molecular formula is C6H8N2OS. The zero-order valence-corrected chi connectivity index (χ0v) is 6.66. The molecule has 0 aliphatic rings. The number of rotatable bonds is 2. The number of hydrogen-bond donors (Lipinski definition) is 1. The van der Waals surface area contributed by atoms with Crippen molar-refractivity contribution in [1.82, 2.24) is 0 Å². The minimum atomic E-state index is -0.283. The molecule has 0 rings (SSSR count). The zero-order valence-electron chi connectivity index (χ0n) is 5.84. The van der Waals surface area contributed by atoms with E-state index in [1.807, 2.05) is 0 Å². The molecule has 0 saturated heterocycles. The third-order valence-corrected chi connectivity index (χ3v) is 1.57. The summed E-state index contributed by atoms with van der Waals surface area (Å²) in [5.74, 6) is -0.283. The van der Waals surface area contributed by atoms with Crippen molar-refractivity contribution >= 4 is 17.5 Å². The molecule has 3 nitrogen and oxygen atoms in total. The van der Waals surface area contributed by atoms with Gasteiger partial charge in [-0.15, -0.1) is 11.8 Å². The molecule has 0 atom stereocenters. The number of nitrogens with two attached hydrogens (primary N) is 1. The Kier molecular flexibility index (Phi) is 3.59. The van der Waals surface area contributed by atoms with E-state index in [-0.39, 0.29) is 16.4 Å². The summed E-state index contributed by atoms with van der Waals surface area (Å²) in [6, 6.07) is 1.74. The van der Waals surface area contributed by atoms with Crippen LogP contribution < -0.4 is 5.73 Å². The monoisotopic (exact) mass is 156 g/mol. The Morgan fingerprint density at radius 3 is 2.30 bits per heavy atom. The van der Waals surface area contributed by atoms with Crippen LogP contribution in [0.3, 0.4) is 0 Å². The number of thioether (sulfide) groups is 1. The lowest BCUT2D eigenvalue weighted by Crippen LogP contribution is -2.03. The van der Waals surface area contributed by atoms with Gasteiger partial charge < -0.3 is 5.73 Å². The fraction of sp³-hybridized carbons (Fsp3) is 0.333. The Balaban J connectivity index is 4.68. The second-order valence-corrected chi connectivity index (χ2v) is 2.46. The molecule has 0 saturated carbocycles. The van der Waals surface area contributed by atoms with E-state index in [0.717, 1.165) is 0 Å². The molecule has 0 aromatic carbocycles. The first-order valence-corrected chi connectivity index (χ1v) is 3.80. The molecule has 2 N–H and O–H groups in total. The van der Waals surface area contributed by atoms with E-state index in [1.165, 1.54) is 18.7 Å². The average molecular weight is 156 g/mol. The van der Waals surface area contributed by atoms with Crippen molar-refractivity contribution in [3.05, 3.63) is 10.6 Å². The maximum Gasteiger partial charge on any atom is 0.172 e. The molecule has 0 heterocycles. The third kappa shape index (κ3) is 2.11. The van der Waals surface area contributed by atoms with E-state index >= 15 is 0 Å². The van der Waals surface area contributed by atoms with Crippen LogP contribution in [0.5, 0.6) is 0 Å². The number of carbonyl (C=O) groups is 1. The molecular weight excluding hydrogens is 148 g/mol. The summed E-state index contributed by atoms with van der Waals surface area (Å²) >= 11 is 1.20. The second-order valence-electron chi connectivity index (χ2n) is 1.61. The maximum absolute atomic E-state index is 10.6. The first-order chi connectivity index (χ1) is 4.63. The molecule has 0 bridgehead atoms. The van der Waals surface area contributed by atoms with Crippen LogP contribution >= 0.6 is 11.8 Å². The van der Waals surface area contributed by atoms with Gasteiger partial charge in [-0.1, -0.05) is 0 Å². The SMILES string of the molecule is CS/C(N)=C(\C#N)C(C)=O. The van der Waals surface area contributed by atoms with Crippen LogP contribution in [-0.4, -0.2) is 12.0 Å². The van der Waals surface area contributed by atoms with Crippen LogP contribution in [0.4, 0.5) is 0 Å². The number of carbonyl (C=O) groups excluding carboxylic acids is 1. The molecule has 0 aliphatic heterocycles. The Labute approximate surface area is 63.9 Å². The van der Waals surface area contributed by atoms with Gasteiger partial charge in [-0.2, -0.15) is 5.26 Å². The zero-order chi connectivity index (χ0) is 8.15. The van der Waals surface area contributed by atoms with Gasteiger partial charge in [0.1, 0.15) is 11.6 Å². The first-order valence-electron chi connectivity index (χ1n) is 2.58. The lowest BCUT2D eigenvalue weighted by atomic mass is 10.2. The van der Waals surface area contributed by atoms with Gasteiger partial charge in [0.05, 0.1) is 5.03 Å². The summed E-state index contributed by atoms with van der Waals surface area (Å²) < 4.78 is 0. The van der Waals surface area contributed by atoms with Gasteiger partial charge in [0.25, 0.3) is 0 Å². The summed E-state index contributed by atoms with van der Waals surface area (Å²) in [6.45, 7) is 1.32. The third-order valence-electron chi connectivity index (χ3n) is 0.930. The van der Waals surface area contributed by atoms with E-state index in [4.69, 9.17) is 11.0 Å². The molecule has 0 unspecified atom stereocenters. The van der Waals surface area contributed by atoms with Gasteiger partial charge in [-0.25, -0.2) is 0 Å². The number of ketones is 1. The molecule has 54 valence electrons. The van der Waals surface area contributed by atoms with E-state index in [0.29, 0.717) is 0 Å². The van der Waals surface area contributed by atoms with E-state index in [2.05, 4.69) is 0 Å². The fourth-order valence-corrected chi connectivity index (χ4v) is 0.803. The van der Waals surface area contributed by atoms with Gasteiger partial charge in [0, 0.05) is 0 Å². The van der Waals surface area contributed by atoms with Crippen molar-refractivity contribution < 1.29 is 4.79 Å².